The van der Waals surface area contributed by atoms with E-state index >= 15 is 0 Å². The maximum Gasteiger partial charge on any atom is 0.249 e. The summed E-state index contributed by atoms with van der Waals surface area (Å²) in [6.07, 6.45) is 0. The number of rotatable bonds is 1. The van der Waals surface area contributed by atoms with Crippen LogP contribution in [0, 0.1) is 13.8 Å². The highest BCUT2D eigenvalue weighted by molar-refractivity contribution is 5.95. The van der Waals surface area contributed by atoms with Crippen LogP contribution in [0.1, 0.15) is 35.3 Å². The molecule has 1 aromatic rings. The Morgan fingerprint density at radius 2 is 1.81 bits per heavy atom. The molecular weight excluding hydrogens is 206 g/mol. The Hall–Kier alpha value is -1.71. The Bertz CT molecular complexity index is 478. The zero-order valence-electron chi connectivity index (χ0n) is 9.88. The Balaban J connectivity index is 2.64. The van der Waals surface area contributed by atoms with Crippen LogP contribution in [0.4, 0.5) is 0 Å². The third kappa shape index (κ3) is 1.50. The van der Waals surface area contributed by atoms with E-state index in [-0.39, 0.29) is 0 Å². The molecule has 0 aliphatic carbocycles. The molecule has 0 atom stereocenters. The summed E-state index contributed by atoms with van der Waals surface area (Å²) in [5.74, 6) is 0.191. The Morgan fingerprint density at radius 1 is 1.25 bits per heavy atom. The molecule has 1 aromatic carbocycles. The fourth-order valence-corrected chi connectivity index (χ4v) is 1.88. The van der Waals surface area contributed by atoms with Crippen molar-refractivity contribution in [3.05, 3.63) is 22.8 Å². The number of amides is 1. The SMILES string of the molecule is Cc1cc(C(N)=O)c(C)c2c1OC(C)(C)O2. The molecule has 0 unspecified atom stereocenters. The number of aryl methyl sites for hydroxylation is 1. The van der Waals surface area contributed by atoms with E-state index in [4.69, 9.17) is 15.2 Å². The van der Waals surface area contributed by atoms with Gasteiger partial charge in [0.1, 0.15) is 0 Å². The minimum absolute atomic E-state index is 0.447. The first kappa shape index (κ1) is 10.8. The first-order chi connectivity index (χ1) is 7.32. The minimum atomic E-state index is -0.686. The van der Waals surface area contributed by atoms with Crippen LogP contribution >= 0.6 is 0 Å². The standard InChI is InChI=1S/C12H15NO3/c1-6-5-8(11(13)14)7(2)10-9(6)15-12(3,4)16-10/h5H,1-4H3,(H2,13,14). The van der Waals surface area contributed by atoms with E-state index < -0.39 is 11.7 Å². The third-order valence-electron chi connectivity index (χ3n) is 2.63. The normalized spacial score (nSPS) is 16.2. The molecule has 0 aromatic heterocycles. The highest BCUT2D eigenvalue weighted by atomic mass is 16.7. The van der Waals surface area contributed by atoms with Crippen LogP contribution in [0.2, 0.25) is 0 Å². The molecule has 0 saturated carbocycles. The van der Waals surface area contributed by atoms with Gasteiger partial charge in [-0.05, 0) is 25.5 Å². The van der Waals surface area contributed by atoms with Gasteiger partial charge < -0.3 is 15.2 Å². The van der Waals surface area contributed by atoms with E-state index in [2.05, 4.69) is 0 Å². The van der Waals surface area contributed by atoms with Crippen LogP contribution in [0.3, 0.4) is 0 Å². The maximum absolute atomic E-state index is 11.3. The molecule has 1 aliphatic rings. The van der Waals surface area contributed by atoms with Gasteiger partial charge in [-0.2, -0.15) is 0 Å². The molecule has 86 valence electrons. The third-order valence-corrected chi connectivity index (χ3v) is 2.63. The lowest BCUT2D eigenvalue weighted by atomic mass is 10.0. The number of nitrogens with two attached hydrogens (primary N) is 1. The van der Waals surface area contributed by atoms with Crippen molar-refractivity contribution < 1.29 is 14.3 Å². The Morgan fingerprint density at radius 3 is 2.38 bits per heavy atom. The van der Waals surface area contributed by atoms with E-state index in [9.17, 15) is 4.79 Å². The van der Waals surface area contributed by atoms with Crippen molar-refractivity contribution in [1.82, 2.24) is 0 Å². The lowest BCUT2D eigenvalue weighted by Crippen LogP contribution is -2.30. The molecule has 2 rings (SSSR count). The number of carbonyl (C=O) groups excluding carboxylic acids is 1. The van der Waals surface area contributed by atoms with E-state index in [1.807, 2.05) is 27.7 Å². The summed E-state index contributed by atoms with van der Waals surface area (Å²) in [6, 6.07) is 1.74. The molecule has 0 radical (unpaired) electrons. The quantitative estimate of drug-likeness (QED) is 0.788. The minimum Gasteiger partial charge on any atom is -0.449 e. The zero-order chi connectivity index (χ0) is 12.1. The average Bonchev–Trinajstić information content (AvgIpc) is 2.48. The lowest BCUT2D eigenvalue weighted by Gasteiger charge is -2.16. The number of hydrogen-bond acceptors (Lipinski definition) is 3. The molecule has 16 heavy (non-hydrogen) atoms. The van der Waals surface area contributed by atoms with E-state index in [0.29, 0.717) is 17.1 Å². The second kappa shape index (κ2) is 3.14. The van der Waals surface area contributed by atoms with Crippen molar-refractivity contribution in [3.8, 4) is 11.5 Å². The molecule has 0 fully saturated rings. The Kier molecular flexibility index (Phi) is 2.12. The predicted molar refractivity (Wildman–Crippen MR) is 59.8 cm³/mol. The second-order valence-electron chi connectivity index (χ2n) is 4.49. The van der Waals surface area contributed by atoms with E-state index in [0.717, 1.165) is 11.1 Å². The molecule has 1 amide bonds. The Labute approximate surface area is 94.3 Å². The van der Waals surface area contributed by atoms with Gasteiger partial charge in [0.05, 0.1) is 0 Å². The topological polar surface area (TPSA) is 61.6 Å². The van der Waals surface area contributed by atoms with Gasteiger partial charge in [0.15, 0.2) is 11.5 Å². The van der Waals surface area contributed by atoms with Gasteiger partial charge in [-0.1, -0.05) is 0 Å². The fourth-order valence-electron chi connectivity index (χ4n) is 1.88. The number of primary amides is 1. The predicted octanol–water partition coefficient (Wildman–Crippen LogP) is 1.91. The number of hydrogen-bond donors (Lipinski definition) is 1. The molecule has 0 saturated heterocycles. The summed E-state index contributed by atoms with van der Waals surface area (Å²) in [4.78, 5) is 11.3. The fraction of sp³-hybridized carbons (Fsp3) is 0.417. The number of ether oxygens (including phenoxy) is 2. The largest absolute Gasteiger partial charge is 0.449 e. The van der Waals surface area contributed by atoms with Gasteiger partial charge in [0.2, 0.25) is 11.7 Å². The van der Waals surface area contributed by atoms with Crippen molar-refractivity contribution >= 4 is 5.91 Å². The van der Waals surface area contributed by atoms with E-state index in [1.165, 1.54) is 0 Å². The van der Waals surface area contributed by atoms with Crippen LogP contribution in [0.5, 0.6) is 11.5 Å². The lowest BCUT2D eigenvalue weighted by molar-refractivity contribution is -0.0436. The van der Waals surface area contributed by atoms with Crippen molar-refractivity contribution in [3.63, 3.8) is 0 Å². The number of fused-ring (bicyclic) bond motifs is 1. The van der Waals surface area contributed by atoms with Crippen molar-refractivity contribution in [1.29, 1.82) is 0 Å². The number of benzene rings is 1. The van der Waals surface area contributed by atoms with Crippen LogP contribution < -0.4 is 15.2 Å². The van der Waals surface area contributed by atoms with Crippen LogP contribution in [0.15, 0.2) is 6.07 Å². The van der Waals surface area contributed by atoms with Gasteiger partial charge in [0.25, 0.3) is 0 Å². The molecule has 2 N–H and O–H groups in total. The van der Waals surface area contributed by atoms with Crippen LogP contribution in [-0.2, 0) is 0 Å². The first-order valence-corrected chi connectivity index (χ1v) is 5.14. The summed E-state index contributed by atoms with van der Waals surface area (Å²) in [6.45, 7) is 7.34. The maximum atomic E-state index is 11.3. The summed E-state index contributed by atoms with van der Waals surface area (Å²) < 4.78 is 11.3. The van der Waals surface area contributed by atoms with Gasteiger partial charge >= 0.3 is 0 Å². The highest BCUT2D eigenvalue weighted by Crippen LogP contribution is 2.45. The molecule has 0 spiro atoms. The zero-order valence-corrected chi connectivity index (χ0v) is 9.88. The highest BCUT2D eigenvalue weighted by Gasteiger charge is 2.35. The first-order valence-electron chi connectivity index (χ1n) is 5.14. The van der Waals surface area contributed by atoms with E-state index in [1.54, 1.807) is 6.07 Å². The summed E-state index contributed by atoms with van der Waals surface area (Å²) >= 11 is 0. The summed E-state index contributed by atoms with van der Waals surface area (Å²) in [5.41, 5.74) is 7.39. The average molecular weight is 221 g/mol. The van der Waals surface area contributed by atoms with Gasteiger partial charge in [-0.15, -0.1) is 0 Å². The molecule has 4 nitrogen and oxygen atoms in total. The van der Waals surface area contributed by atoms with Gasteiger partial charge in [0, 0.05) is 25.0 Å². The van der Waals surface area contributed by atoms with Gasteiger partial charge in [-0.3, -0.25) is 4.79 Å². The molecule has 4 heteroatoms. The van der Waals surface area contributed by atoms with Gasteiger partial charge in [-0.25, -0.2) is 0 Å². The van der Waals surface area contributed by atoms with Crippen molar-refractivity contribution in [2.75, 3.05) is 0 Å². The van der Waals surface area contributed by atoms with Crippen LogP contribution in [-0.4, -0.2) is 11.7 Å². The second-order valence-corrected chi connectivity index (χ2v) is 4.49. The molecule has 0 bridgehead atoms. The van der Waals surface area contributed by atoms with Crippen molar-refractivity contribution in [2.45, 2.75) is 33.5 Å². The monoisotopic (exact) mass is 221 g/mol. The van der Waals surface area contributed by atoms with Crippen molar-refractivity contribution in [2.24, 2.45) is 5.73 Å². The number of carbonyl (C=O) groups is 1. The smallest absolute Gasteiger partial charge is 0.249 e. The molecule has 1 aliphatic heterocycles. The molecule has 1 heterocycles. The van der Waals surface area contributed by atoms with Crippen LogP contribution in [0.25, 0.3) is 0 Å². The molecular formula is C12H15NO3. The summed E-state index contributed by atoms with van der Waals surface area (Å²) in [7, 11) is 0. The summed E-state index contributed by atoms with van der Waals surface area (Å²) in [5, 5.41) is 0.